The highest BCUT2D eigenvalue weighted by Crippen LogP contribution is 2.25. The fourth-order valence-corrected chi connectivity index (χ4v) is 4.02. The third-order valence-corrected chi connectivity index (χ3v) is 5.17. The fourth-order valence-electron chi connectivity index (χ4n) is 2.45. The maximum absolute atomic E-state index is 12.3. The van der Waals surface area contributed by atoms with E-state index >= 15 is 0 Å². The molecule has 0 amide bonds. The number of rotatable bonds is 4. The highest BCUT2D eigenvalue weighted by Gasteiger charge is 2.28. The topological polar surface area (TPSA) is 85.1 Å². The number of halogens is 1. The molecule has 1 aromatic rings. The minimum atomic E-state index is -3.58. The van der Waals surface area contributed by atoms with Gasteiger partial charge in [0.2, 0.25) is 10.0 Å². The summed E-state index contributed by atoms with van der Waals surface area (Å²) in [5.74, 6) is 0.204. The van der Waals surface area contributed by atoms with E-state index in [0.717, 1.165) is 25.7 Å². The Morgan fingerprint density at radius 1 is 1.37 bits per heavy atom. The van der Waals surface area contributed by atoms with E-state index in [1.165, 1.54) is 18.5 Å². The van der Waals surface area contributed by atoms with Crippen LogP contribution in [0.4, 0.5) is 0 Å². The monoisotopic (exact) mass is 303 g/mol. The first-order valence-electron chi connectivity index (χ1n) is 6.36. The molecule has 1 saturated carbocycles. The van der Waals surface area contributed by atoms with Gasteiger partial charge < -0.3 is 5.73 Å². The summed E-state index contributed by atoms with van der Waals surface area (Å²) in [6, 6.07) is 1.31. The van der Waals surface area contributed by atoms with Crippen molar-refractivity contribution >= 4 is 21.6 Å². The number of pyridine rings is 1. The van der Waals surface area contributed by atoms with Crippen LogP contribution in [-0.2, 0) is 10.0 Å². The van der Waals surface area contributed by atoms with Crippen molar-refractivity contribution < 1.29 is 8.42 Å². The largest absolute Gasteiger partial charge is 0.330 e. The molecule has 1 aliphatic carbocycles. The molecule has 1 fully saturated rings. The molecule has 0 aromatic carbocycles. The van der Waals surface area contributed by atoms with Crippen molar-refractivity contribution in [3.05, 3.63) is 23.5 Å². The van der Waals surface area contributed by atoms with Crippen LogP contribution in [-0.4, -0.2) is 26.0 Å². The van der Waals surface area contributed by atoms with Gasteiger partial charge in [-0.05, 0) is 31.4 Å². The Hall–Kier alpha value is -0.690. The van der Waals surface area contributed by atoms with Crippen molar-refractivity contribution in [2.24, 2.45) is 11.7 Å². The SMILES string of the molecule is NCC1CCCCC1NS(=O)(=O)c1cncc(Cl)c1. The highest BCUT2D eigenvalue weighted by molar-refractivity contribution is 7.89. The predicted molar refractivity (Wildman–Crippen MR) is 74.4 cm³/mol. The lowest BCUT2D eigenvalue weighted by Gasteiger charge is -2.30. The highest BCUT2D eigenvalue weighted by atomic mass is 35.5. The van der Waals surface area contributed by atoms with Crippen molar-refractivity contribution in [3.8, 4) is 0 Å². The molecule has 0 bridgehead atoms. The second kappa shape index (κ2) is 6.17. The van der Waals surface area contributed by atoms with E-state index < -0.39 is 10.0 Å². The van der Waals surface area contributed by atoms with E-state index in [9.17, 15) is 8.42 Å². The molecular formula is C12H18ClN3O2S. The average Bonchev–Trinajstić information content (AvgIpc) is 2.39. The van der Waals surface area contributed by atoms with Crippen LogP contribution in [0.15, 0.2) is 23.4 Å². The molecule has 7 heteroatoms. The number of hydrogen-bond donors (Lipinski definition) is 2. The average molecular weight is 304 g/mol. The summed E-state index contributed by atoms with van der Waals surface area (Å²) in [5.41, 5.74) is 5.71. The first-order chi connectivity index (χ1) is 9.03. The van der Waals surface area contributed by atoms with Gasteiger partial charge in [-0.1, -0.05) is 24.4 Å². The van der Waals surface area contributed by atoms with Crippen LogP contribution in [0.5, 0.6) is 0 Å². The van der Waals surface area contributed by atoms with E-state index in [4.69, 9.17) is 17.3 Å². The van der Waals surface area contributed by atoms with E-state index in [0.29, 0.717) is 11.6 Å². The lowest BCUT2D eigenvalue weighted by molar-refractivity contribution is 0.296. The molecule has 2 rings (SSSR count). The van der Waals surface area contributed by atoms with Gasteiger partial charge >= 0.3 is 0 Å². The molecule has 1 aromatic heterocycles. The summed E-state index contributed by atoms with van der Waals surface area (Å²) >= 11 is 5.77. The molecule has 0 aliphatic heterocycles. The van der Waals surface area contributed by atoms with Crippen LogP contribution in [0.2, 0.25) is 5.02 Å². The second-order valence-corrected chi connectivity index (χ2v) is 7.00. The molecule has 3 N–H and O–H groups in total. The number of nitrogens with zero attached hydrogens (tertiary/aromatic N) is 1. The quantitative estimate of drug-likeness (QED) is 0.883. The zero-order chi connectivity index (χ0) is 13.9. The second-order valence-electron chi connectivity index (χ2n) is 4.85. The Labute approximate surface area is 118 Å². The van der Waals surface area contributed by atoms with Gasteiger partial charge in [0.25, 0.3) is 0 Å². The van der Waals surface area contributed by atoms with Crippen molar-refractivity contribution in [1.29, 1.82) is 0 Å². The molecule has 19 heavy (non-hydrogen) atoms. The maximum Gasteiger partial charge on any atom is 0.242 e. The predicted octanol–water partition coefficient (Wildman–Crippen LogP) is 1.53. The van der Waals surface area contributed by atoms with Gasteiger partial charge in [-0.2, -0.15) is 0 Å². The van der Waals surface area contributed by atoms with Gasteiger partial charge in [-0.15, -0.1) is 0 Å². The molecule has 0 spiro atoms. The summed E-state index contributed by atoms with van der Waals surface area (Å²) in [7, 11) is -3.58. The molecule has 0 radical (unpaired) electrons. The first kappa shape index (κ1) is 14.7. The zero-order valence-corrected chi connectivity index (χ0v) is 12.1. The van der Waals surface area contributed by atoms with Gasteiger partial charge in [0, 0.05) is 18.4 Å². The Morgan fingerprint density at radius 3 is 2.79 bits per heavy atom. The third-order valence-electron chi connectivity index (χ3n) is 3.51. The van der Waals surface area contributed by atoms with Gasteiger partial charge in [0.05, 0.1) is 5.02 Å². The molecule has 2 atom stereocenters. The van der Waals surface area contributed by atoms with E-state index in [-0.39, 0.29) is 16.9 Å². The van der Waals surface area contributed by atoms with Crippen LogP contribution in [0.1, 0.15) is 25.7 Å². The van der Waals surface area contributed by atoms with E-state index in [1.54, 1.807) is 0 Å². The molecule has 0 saturated heterocycles. The summed E-state index contributed by atoms with van der Waals surface area (Å²) in [4.78, 5) is 3.91. The smallest absolute Gasteiger partial charge is 0.242 e. The van der Waals surface area contributed by atoms with Crippen molar-refractivity contribution in [3.63, 3.8) is 0 Å². The van der Waals surface area contributed by atoms with Gasteiger partial charge in [0.1, 0.15) is 4.90 Å². The number of nitrogens with two attached hydrogens (primary N) is 1. The van der Waals surface area contributed by atoms with Gasteiger partial charge in [0.15, 0.2) is 0 Å². The minimum absolute atomic E-state index is 0.0947. The molecular weight excluding hydrogens is 286 g/mol. The summed E-state index contributed by atoms with van der Waals surface area (Å²) < 4.78 is 27.3. The first-order valence-corrected chi connectivity index (χ1v) is 8.22. The van der Waals surface area contributed by atoms with Crippen LogP contribution in [0, 0.1) is 5.92 Å². The standard InChI is InChI=1S/C12H18ClN3O2S/c13-10-5-11(8-15-7-10)19(17,18)16-12-4-2-1-3-9(12)6-14/h5,7-9,12,16H,1-4,6,14H2. The molecule has 5 nitrogen and oxygen atoms in total. The lowest BCUT2D eigenvalue weighted by Crippen LogP contribution is -2.44. The summed E-state index contributed by atoms with van der Waals surface area (Å²) in [5, 5.41) is 0.307. The van der Waals surface area contributed by atoms with Gasteiger partial charge in [-0.3, -0.25) is 4.98 Å². The van der Waals surface area contributed by atoms with Gasteiger partial charge in [-0.25, -0.2) is 13.1 Å². The van der Waals surface area contributed by atoms with E-state index in [2.05, 4.69) is 9.71 Å². The molecule has 106 valence electrons. The number of sulfonamides is 1. The zero-order valence-electron chi connectivity index (χ0n) is 10.5. The Morgan fingerprint density at radius 2 is 2.11 bits per heavy atom. The third kappa shape index (κ3) is 3.66. The van der Waals surface area contributed by atoms with Crippen LogP contribution >= 0.6 is 11.6 Å². The van der Waals surface area contributed by atoms with Crippen molar-refractivity contribution in [2.45, 2.75) is 36.6 Å². The summed E-state index contributed by atoms with van der Waals surface area (Å²) in [6.45, 7) is 0.501. The maximum atomic E-state index is 12.3. The Kier molecular flexibility index (Phi) is 4.78. The number of nitrogens with one attached hydrogen (secondary N) is 1. The number of hydrogen-bond acceptors (Lipinski definition) is 4. The molecule has 1 aliphatic rings. The lowest BCUT2D eigenvalue weighted by atomic mass is 9.85. The van der Waals surface area contributed by atoms with Crippen molar-refractivity contribution in [1.82, 2.24) is 9.71 Å². The molecule has 1 heterocycles. The van der Waals surface area contributed by atoms with Crippen LogP contribution in [0.3, 0.4) is 0 Å². The fraction of sp³-hybridized carbons (Fsp3) is 0.583. The van der Waals surface area contributed by atoms with Crippen LogP contribution in [0.25, 0.3) is 0 Å². The van der Waals surface area contributed by atoms with Crippen molar-refractivity contribution in [2.75, 3.05) is 6.54 Å². The number of aromatic nitrogens is 1. The normalized spacial score (nSPS) is 24.3. The Balaban J connectivity index is 2.16. The van der Waals surface area contributed by atoms with Crippen LogP contribution < -0.4 is 10.5 Å². The molecule has 2 unspecified atom stereocenters. The Bertz CT molecular complexity index is 536. The van der Waals surface area contributed by atoms with E-state index in [1.807, 2.05) is 0 Å². The minimum Gasteiger partial charge on any atom is -0.330 e. The summed E-state index contributed by atoms with van der Waals surface area (Å²) in [6.07, 6.45) is 6.64.